The maximum atomic E-state index is 12.9. The van der Waals surface area contributed by atoms with E-state index in [9.17, 15) is 13.2 Å². The summed E-state index contributed by atoms with van der Waals surface area (Å²) in [7, 11) is 2.99. The Kier molecular flexibility index (Phi) is 6.12. The van der Waals surface area contributed by atoms with E-state index >= 15 is 0 Å². The quantitative estimate of drug-likeness (QED) is 0.777. The monoisotopic (exact) mass is 340 g/mol. The van der Waals surface area contributed by atoms with Crippen LogP contribution < -0.4 is 10.5 Å². The summed E-state index contributed by atoms with van der Waals surface area (Å²) in [6, 6.07) is 3.81. The number of hydrogen-bond acceptors (Lipinski definition) is 3. The molecule has 2 N–H and O–H groups in total. The van der Waals surface area contributed by atoms with Crippen LogP contribution in [0.2, 0.25) is 0 Å². The predicted molar refractivity (Wildman–Crippen MR) is 90.3 cm³/mol. The Morgan fingerprint density at radius 3 is 2.25 bits per heavy atom. The first-order valence-corrected chi connectivity index (χ1v) is 7.26. The van der Waals surface area contributed by atoms with E-state index in [0.717, 1.165) is 22.9 Å². The summed E-state index contributed by atoms with van der Waals surface area (Å²) >= 11 is 0. The molecule has 1 aromatic carbocycles. The van der Waals surface area contributed by atoms with E-state index in [-0.39, 0.29) is 5.75 Å². The van der Waals surface area contributed by atoms with E-state index in [1.807, 2.05) is 6.92 Å². The first kappa shape index (κ1) is 19.7. The normalized spacial score (nSPS) is 12.5. The molecule has 0 atom stereocenters. The fourth-order valence-electron chi connectivity index (χ4n) is 2.15. The van der Waals surface area contributed by atoms with Gasteiger partial charge in [0.1, 0.15) is 11.6 Å². The molecular weight excluding hydrogens is 317 g/mol. The lowest BCUT2D eigenvalue weighted by molar-refractivity contribution is -0.138. The zero-order valence-electron chi connectivity index (χ0n) is 14.4. The topological polar surface area (TPSA) is 38.5 Å². The number of nitrogens with two attached hydrogens (primary N) is 1. The molecule has 0 aliphatic rings. The van der Waals surface area contributed by atoms with E-state index in [4.69, 9.17) is 10.5 Å². The molecule has 1 aromatic rings. The number of rotatable bonds is 6. The number of nitrogens with zero attached hydrogens (tertiary/aromatic N) is 1. The van der Waals surface area contributed by atoms with Gasteiger partial charge in [0.2, 0.25) is 0 Å². The third kappa shape index (κ3) is 4.57. The van der Waals surface area contributed by atoms with Gasteiger partial charge in [-0.15, -0.1) is 0 Å². The minimum Gasteiger partial charge on any atom is -0.496 e. The predicted octanol–water partition coefficient (Wildman–Crippen LogP) is 4.47. The van der Waals surface area contributed by atoms with Crippen molar-refractivity contribution in [2.24, 2.45) is 5.73 Å². The van der Waals surface area contributed by atoms with Gasteiger partial charge in [-0.3, -0.25) is 0 Å². The molecular formula is C18H23F3N2O. The van der Waals surface area contributed by atoms with E-state index in [1.165, 1.54) is 19.2 Å². The molecule has 6 heteroatoms. The molecule has 24 heavy (non-hydrogen) atoms. The van der Waals surface area contributed by atoms with Crippen LogP contribution in [-0.2, 0) is 12.6 Å². The van der Waals surface area contributed by atoms with Crippen molar-refractivity contribution in [3.05, 3.63) is 65.1 Å². The zero-order chi connectivity index (χ0) is 18.7. The van der Waals surface area contributed by atoms with Gasteiger partial charge in [-0.1, -0.05) is 24.8 Å². The summed E-state index contributed by atoms with van der Waals surface area (Å²) in [6.45, 7) is 11.3. The second kappa shape index (κ2) is 7.47. The van der Waals surface area contributed by atoms with Crippen LogP contribution in [0.25, 0.3) is 0 Å². The molecule has 0 unspecified atom stereocenters. The van der Waals surface area contributed by atoms with Crippen LogP contribution in [0.1, 0.15) is 25.0 Å². The van der Waals surface area contributed by atoms with Crippen LogP contribution >= 0.6 is 0 Å². The Labute approximate surface area is 140 Å². The van der Waals surface area contributed by atoms with Gasteiger partial charge < -0.3 is 15.4 Å². The molecule has 0 heterocycles. The number of hydrogen-bond donors (Lipinski definition) is 1. The van der Waals surface area contributed by atoms with Gasteiger partial charge in [-0.25, -0.2) is 0 Å². The van der Waals surface area contributed by atoms with E-state index in [2.05, 4.69) is 13.2 Å². The average Bonchev–Trinajstić information content (AvgIpc) is 2.49. The highest BCUT2D eigenvalue weighted by molar-refractivity contribution is 5.43. The minimum absolute atomic E-state index is 0.215. The maximum absolute atomic E-state index is 12.9. The molecule has 0 spiro atoms. The molecule has 0 bridgehead atoms. The highest BCUT2D eigenvalue weighted by Crippen LogP contribution is 2.37. The smallest absolute Gasteiger partial charge is 0.419 e. The Morgan fingerprint density at radius 1 is 1.25 bits per heavy atom. The molecule has 0 amide bonds. The first-order valence-electron chi connectivity index (χ1n) is 7.26. The van der Waals surface area contributed by atoms with Crippen molar-refractivity contribution in [2.75, 3.05) is 14.2 Å². The molecule has 0 aromatic heterocycles. The molecule has 0 aliphatic heterocycles. The number of allylic oxidation sites excluding steroid dienone is 3. The lowest BCUT2D eigenvalue weighted by Crippen LogP contribution is -2.24. The number of halogens is 3. The van der Waals surface area contributed by atoms with Crippen LogP contribution in [0.15, 0.2) is 54.0 Å². The maximum Gasteiger partial charge on any atom is 0.419 e. The number of benzene rings is 1. The van der Waals surface area contributed by atoms with Gasteiger partial charge in [0.15, 0.2) is 0 Å². The second-order valence-corrected chi connectivity index (χ2v) is 5.65. The summed E-state index contributed by atoms with van der Waals surface area (Å²) in [6.07, 6.45) is -4.12. The molecule has 3 nitrogen and oxygen atoms in total. The second-order valence-electron chi connectivity index (χ2n) is 5.65. The van der Waals surface area contributed by atoms with E-state index in [1.54, 1.807) is 18.9 Å². The van der Waals surface area contributed by atoms with Crippen molar-refractivity contribution in [1.29, 1.82) is 0 Å². The minimum atomic E-state index is -4.46. The highest BCUT2D eigenvalue weighted by atomic mass is 19.4. The summed E-state index contributed by atoms with van der Waals surface area (Å²) < 4.78 is 43.7. The van der Waals surface area contributed by atoms with Gasteiger partial charge in [0.05, 0.1) is 12.7 Å². The van der Waals surface area contributed by atoms with Crippen LogP contribution in [-0.4, -0.2) is 19.1 Å². The highest BCUT2D eigenvalue weighted by Gasteiger charge is 2.34. The van der Waals surface area contributed by atoms with Crippen LogP contribution in [0.5, 0.6) is 5.75 Å². The van der Waals surface area contributed by atoms with Crippen LogP contribution in [0.3, 0.4) is 0 Å². The van der Waals surface area contributed by atoms with Crippen molar-refractivity contribution in [3.63, 3.8) is 0 Å². The molecule has 0 fully saturated rings. The van der Waals surface area contributed by atoms with Gasteiger partial charge in [0.25, 0.3) is 0 Å². The van der Waals surface area contributed by atoms with Crippen molar-refractivity contribution in [2.45, 2.75) is 26.4 Å². The lowest BCUT2D eigenvalue weighted by Gasteiger charge is -2.23. The lowest BCUT2D eigenvalue weighted by atomic mass is 9.98. The molecule has 132 valence electrons. The Bertz CT molecular complexity index is 675. The number of alkyl halides is 3. The molecule has 0 aliphatic carbocycles. The third-order valence-corrected chi connectivity index (χ3v) is 3.71. The molecule has 1 rings (SSSR count). The molecule has 0 radical (unpaired) electrons. The van der Waals surface area contributed by atoms with Crippen LogP contribution in [0, 0.1) is 0 Å². The standard InChI is InChI=1S/C18H23F3N2O/c1-11(2)14(17(22)23(5)12(3)4)9-13-7-8-15(18(19,20)21)16(10-13)24-6/h7-8,10H,1,3,9,22H2,2,4-6H3/b17-14-. The average molecular weight is 340 g/mol. The van der Waals surface area contributed by atoms with Gasteiger partial charge in [-0.05, 0) is 37.1 Å². The Balaban J connectivity index is 3.29. The van der Waals surface area contributed by atoms with Gasteiger partial charge in [0, 0.05) is 19.2 Å². The Hall–Kier alpha value is -2.37. The summed E-state index contributed by atoms with van der Waals surface area (Å²) in [5.41, 5.74) is 8.22. The number of ether oxygens (including phenoxy) is 1. The van der Waals surface area contributed by atoms with Crippen LogP contribution in [0.4, 0.5) is 13.2 Å². The van der Waals surface area contributed by atoms with E-state index in [0.29, 0.717) is 17.8 Å². The Morgan fingerprint density at radius 2 is 1.83 bits per heavy atom. The first-order chi connectivity index (χ1) is 11.0. The van der Waals surface area contributed by atoms with Gasteiger partial charge >= 0.3 is 6.18 Å². The third-order valence-electron chi connectivity index (χ3n) is 3.71. The largest absolute Gasteiger partial charge is 0.496 e. The van der Waals surface area contributed by atoms with Crippen molar-refractivity contribution < 1.29 is 17.9 Å². The van der Waals surface area contributed by atoms with E-state index < -0.39 is 11.7 Å². The SMILES string of the molecule is C=C(C)/C(Cc1ccc(C(F)(F)F)c(OC)c1)=C(/N)N(C)C(=C)C. The fraction of sp³-hybridized carbons (Fsp3) is 0.333. The summed E-state index contributed by atoms with van der Waals surface area (Å²) in [4.78, 5) is 1.71. The summed E-state index contributed by atoms with van der Waals surface area (Å²) in [5, 5.41) is 0. The fourth-order valence-corrected chi connectivity index (χ4v) is 2.15. The molecule has 0 saturated carbocycles. The zero-order valence-corrected chi connectivity index (χ0v) is 14.4. The van der Waals surface area contributed by atoms with Crippen molar-refractivity contribution in [3.8, 4) is 5.75 Å². The van der Waals surface area contributed by atoms with Crippen molar-refractivity contribution >= 4 is 0 Å². The summed E-state index contributed by atoms with van der Waals surface area (Å²) in [5.74, 6) is 0.252. The van der Waals surface area contributed by atoms with Gasteiger partial charge in [-0.2, -0.15) is 13.2 Å². The molecule has 0 saturated heterocycles. The number of methoxy groups -OCH3 is 1. The van der Waals surface area contributed by atoms with Crippen molar-refractivity contribution in [1.82, 2.24) is 4.90 Å².